The van der Waals surface area contributed by atoms with E-state index in [1.807, 2.05) is 36.5 Å². The summed E-state index contributed by atoms with van der Waals surface area (Å²) in [7, 11) is 0. The van der Waals surface area contributed by atoms with Crippen molar-refractivity contribution in [2.45, 2.75) is 13.0 Å². The van der Waals surface area contributed by atoms with Gasteiger partial charge in [-0.25, -0.2) is 0 Å². The summed E-state index contributed by atoms with van der Waals surface area (Å²) in [6.45, 7) is 1.90. The van der Waals surface area contributed by atoms with Gasteiger partial charge in [0.25, 0.3) is 0 Å². The van der Waals surface area contributed by atoms with Crippen LogP contribution in [0.2, 0.25) is 0 Å². The second-order valence-electron chi connectivity index (χ2n) is 2.13. The van der Waals surface area contributed by atoms with E-state index in [1.54, 1.807) is 0 Å². The standard InChI is InChI=1S/C6H9N3S2/c1-5(8-9-7)4-6-10-2-3-11-6/h4-5H,2-3H2,1H3. The van der Waals surface area contributed by atoms with Crippen LogP contribution in [0, 0.1) is 0 Å². The van der Waals surface area contributed by atoms with E-state index in [0.717, 1.165) is 0 Å². The molecule has 0 aromatic carbocycles. The summed E-state index contributed by atoms with van der Waals surface area (Å²) in [6, 6.07) is -0.00639. The van der Waals surface area contributed by atoms with Crippen molar-refractivity contribution in [2.24, 2.45) is 5.11 Å². The van der Waals surface area contributed by atoms with Crippen LogP contribution in [0.4, 0.5) is 0 Å². The quantitative estimate of drug-likeness (QED) is 0.379. The zero-order chi connectivity index (χ0) is 8.10. The molecule has 0 aromatic rings. The maximum atomic E-state index is 8.13. The Morgan fingerprint density at radius 1 is 1.64 bits per heavy atom. The Labute approximate surface area is 74.2 Å². The molecule has 1 heterocycles. The molecule has 0 amide bonds. The number of rotatable bonds is 2. The Balaban J connectivity index is 2.48. The molecule has 0 aromatic heterocycles. The van der Waals surface area contributed by atoms with Crippen molar-refractivity contribution in [2.75, 3.05) is 11.5 Å². The number of nitrogens with zero attached hydrogens (tertiary/aromatic N) is 3. The molecule has 1 saturated heterocycles. The topological polar surface area (TPSA) is 48.8 Å². The van der Waals surface area contributed by atoms with Crippen molar-refractivity contribution in [3.8, 4) is 0 Å². The maximum Gasteiger partial charge on any atom is 0.0545 e. The number of hydrogen-bond acceptors (Lipinski definition) is 3. The van der Waals surface area contributed by atoms with Crippen molar-refractivity contribution < 1.29 is 0 Å². The van der Waals surface area contributed by atoms with Crippen LogP contribution in [0.3, 0.4) is 0 Å². The fourth-order valence-electron chi connectivity index (χ4n) is 0.734. The predicted octanol–water partition coefficient (Wildman–Crippen LogP) is 3.01. The molecule has 0 aliphatic carbocycles. The molecule has 0 N–H and O–H groups in total. The Bertz CT molecular complexity index is 200. The lowest BCUT2D eigenvalue weighted by molar-refractivity contribution is 0.912. The smallest absolute Gasteiger partial charge is 0.0545 e. The van der Waals surface area contributed by atoms with E-state index in [2.05, 4.69) is 10.0 Å². The third-order valence-electron chi connectivity index (χ3n) is 1.18. The van der Waals surface area contributed by atoms with Crippen LogP contribution in [-0.2, 0) is 0 Å². The first-order valence-electron chi connectivity index (χ1n) is 3.34. The molecule has 1 unspecified atom stereocenters. The van der Waals surface area contributed by atoms with Gasteiger partial charge >= 0.3 is 0 Å². The summed E-state index contributed by atoms with van der Waals surface area (Å²) in [6.07, 6.45) is 2.02. The summed E-state index contributed by atoms with van der Waals surface area (Å²) >= 11 is 3.67. The minimum Gasteiger partial charge on any atom is -0.119 e. The molecular weight excluding hydrogens is 178 g/mol. The summed E-state index contributed by atoms with van der Waals surface area (Å²) in [5.41, 5.74) is 8.13. The lowest BCUT2D eigenvalue weighted by Crippen LogP contribution is -1.88. The van der Waals surface area contributed by atoms with Gasteiger partial charge in [0, 0.05) is 20.7 Å². The van der Waals surface area contributed by atoms with Gasteiger partial charge in [-0.3, -0.25) is 0 Å². The van der Waals surface area contributed by atoms with Gasteiger partial charge in [0.1, 0.15) is 0 Å². The highest BCUT2D eigenvalue weighted by Gasteiger charge is 2.08. The van der Waals surface area contributed by atoms with E-state index >= 15 is 0 Å². The zero-order valence-corrected chi connectivity index (χ0v) is 7.86. The molecule has 1 fully saturated rings. The van der Waals surface area contributed by atoms with Crippen LogP contribution in [0.25, 0.3) is 10.4 Å². The van der Waals surface area contributed by atoms with Crippen molar-refractivity contribution in [3.05, 3.63) is 20.8 Å². The van der Waals surface area contributed by atoms with E-state index in [9.17, 15) is 0 Å². The Kier molecular flexibility index (Phi) is 3.69. The van der Waals surface area contributed by atoms with E-state index < -0.39 is 0 Å². The number of azide groups is 1. The number of hydrogen-bond donors (Lipinski definition) is 0. The molecule has 0 bridgehead atoms. The molecule has 11 heavy (non-hydrogen) atoms. The third kappa shape index (κ3) is 3.10. The lowest BCUT2D eigenvalue weighted by atomic mass is 10.4. The van der Waals surface area contributed by atoms with Crippen molar-refractivity contribution >= 4 is 23.5 Å². The van der Waals surface area contributed by atoms with Gasteiger partial charge in [-0.05, 0) is 5.53 Å². The molecule has 1 atom stereocenters. The van der Waals surface area contributed by atoms with Crippen LogP contribution in [0.5, 0.6) is 0 Å². The zero-order valence-electron chi connectivity index (χ0n) is 6.23. The maximum absolute atomic E-state index is 8.13. The minimum absolute atomic E-state index is 0.00639. The molecule has 5 heteroatoms. The van der Waals surface area contributed by atoms with Crippen molar-refractivity contribution in [3.63, 3.8) is 0 Å². The Hall–Kier alpha value is -0.250. The second kappa shape index (κ2) is 4.59. The van der Waals surface area contributed by atoms with Crippen molar-refractivity contribution in [1.82, 2.24) is 0 Å². The average Bonchev–Trinajstić information content (AvgIpc) is 2.40. The molecular formula is C6H9N3S2. The van der Waals surface area contributed by atoms with Crippen LogP contribution in [0.1, 0.15) is 6.92 Å². The molecule has 0 spiro atoms. The minimum atomic E-state index is -0.00639. The van der Waals surface area contributed by atoms with E-state index in [0.29, 0.717) is 0 Å². The Morgan fingerprint density at radius 2 is 2.27 bits per heavy atom. The largest absolute Gasteiger partial charge is 0.119 e. The van der Waals surface area contributed by atoms with Gasteiger partial charge in [-0.2, -0.15) is 0 Å². The van der Waals surface area contributed by atoms with E-state index in [-0.39, 0.29) is 6.04 Å². The molecule has 1 aliphatic rings. The highest BCUT2D eigenvalue weighted by atomic mass is 32.2. The van der Waals surface area contributed by atoms with E-state index in [4.69, 9.17) is 5.53 Å². The Morgan fingerprint density at radius 3 is 2.82 bits per heavy atom. The first kappa shape index (κ1) is 8.84. The van der Waals surface area contributed by atoms with Gasteiger partial charge in [0.2, 0.25) is 0 Å². The van der Waals surface area contributed by atoms with Gasteiger partial charge in [0.05, 0.1) is 6.04 Å². The summed E-state index contributed by atoms with van der Waals surface area (Å²) in [4.78, 5) is 2.74. The first-order chi connectivity index (χ1) is 5.33. The second-order valence-corrected chi connectivity index (χ2v) is 4.66. The summed E-state index contributed by atoms with van der Waals surface area (Å²) < 4.78 is 1.30. The van der Waals surface area contributed by atoms with E-state index in [1.165, 1.54) is 15.7 Å². The van der Waals surface area contributed by atoms with Crippen LogP contribution >= 0.6 is 23.5 Å². The SMILES string of the molecule is CC(C=C1SCCS1)N=[N+]=[N-]. The van der Waals surface area contributed by atoms with Crippen LogP contribution in [-0.4, -0.2) is 17.5 Å². The highest BCUT2D eigenvalue weighted by molar-refractivity contribution is 8.25. The third-order valence-corrected chi connectivity index (χ3v) is 3.81. The predicted molar refractivity (Wildman–Crippen MR) is 51.6 cm³/mol. The van der Waals surface area contributed by atoms with Gasteiger partial charge in [-0.15, -0.1) is 23.5 Å². The molecule has 1 rings (SSSR count). The average molecular weight is 187 g/mol. The normalized spacial score (nSPS) is 19.2. The van der Waals surface area contributed by atoms with Crippen molar-refractivity contribution in [1.29, 1.82) is 0 Å². The van der Waals surface area contributed by atoms with Gasteiger partial charge in [-0.1, -0.05) is 18.1 Å². The molecule has 3 nitrogen and oxygen atoms in total. The number of thioether (sulfide) groups is 2. The van der Waals surface area contributed by atoms with Crippen LogP contribution in [0.15, 0.2) is 15.4 Å². The fourth-order valence-corrected chi connectivity index (χ4v) is 3.22. The molecule has 0 radical (unpaired) electrons. The van der Waals surface area contributed by atoms with Gasteiger partial charge < -0.3 is 0 Å². The molecule has 60 valence electrons. The summed E-state index contributed by atoms with van der Waals surface area (Å²) in [5, 5.41) is 3.57. The molecule has 1 aliphatic heterocycles. The van der Waals surface area contributed by atoms with Gasteiger partial charge in [0.15, 0.2) is 0 Å². The van der Waals surface area contributed by atoms with Crippen LogP contribution < -0.4 is 0 Å². The first-order valence-corrected chi connectivity index (χ1v) is 5.31. The fraction of sp³-hybridized carbons (Fsp3) is 0.667. The highest BCUT2D eigenvalue weighted by Crippen LogP contribution is 2.36. The molecule has 0 saturated carbocycles. The lowest BCUT2D eigenvalue weighted by Gasteiger charge is -1.96. The summed E-state index contributed by atoms with van der Waals surface area (Å²) in [5.74, 6) is 2.36. The monoisotopic (exact) mass is 187 g/mol.